The molecule has 0 bridgehead atoms. The zero-order valence-electron chi connectivity index (χ0n) is 10.1. The van der Waals surface area contributed by atoms with Gasteiger partial charge in [0.2, 0.25) is 0 Å². The highest BCUT2D eigenvalue weighted by Gasteiger charge is 2.21. The molecule has 1 atom stereocenters. The van der Waals surface area contributed by atoms with Gasteiger partial charge in [0.15, 0.2) is 0 Å². The zero-order valence-corrected chi connectivity index (χ0v) is 10.1. The minimum Gasteiger partial charge on any atom is -0.312 e. The summed E-state index contributed by atoms with van der Waals surface area (Å²) in [5.41, 5.74) is 0.376. The maximum absolute atomic E-state index is 3.60. The summed E-state index contributed by atoms with van der Waals surface area (Å²) in [7, 11) is 4.22. The summed E-state index contributed by atoms with van der Waals surface area (Å²) in [5, 5.41) is 3.60. The summed E-state index contributed by atoms with van der Waals surface area (Å²) in [4.78, 5) is 2.21. The number of likely N-dealkylation sites (N-methyl/N-ethyl adjacent to an activating group) is 1. The molecule has 2 nitrogen and oxygen atoms in total. The second-order valence-corrected chi connectivity index (χ2v) is 5.08. The second kappa shape index (κ2) is 5.61. The topological polar surface area (TPSA) is 15.3 Å². The van der Waals surface area contributed by atoms with E-state index in [1.807, 2.05) is 0 Å². The third-order valence-corrected chi connectivity index (χ3v) is 2.40. The molecule has 1 N–H and O–H groups in total. The molecule has 0 fully saturated rings. The van der Waals surface area contributed by atoms with Crippen molar-refractivity contribution in [3.63, 3.8) is 0 Å². The Kier molecular flexibility index (Phi) is 5.57. The van der Waals surface area contributed by atoms with Crippen molar-refractivity contribution in [2.24, 2.45) is 5.41 Å². The molecule has 0 radical (unpaired) electrons. The van der Waals surface area contributed by atoms with E-state index in [2.05, 4.69) is 52.0 Å². The molecule has 0 aliphatic heterocycles. The molecule has 0 aromatic heterocycles. The number of nitrogens with one attached hydrogen (secondary N) is 1. The van der Waals surface area contributed by atoms with Gasteiger partial charge in [0.05, 0.1) is 0 Å². The van der Waals surface area contributed by atoms with Gasteiger partial charge in [0, 0.05) is 19.1 Å². The van der Waals surface area contributed by atoms with Crippen LogP contribution < -0.4 is 5.32 Å². The van der Waals surface area contributed by atoms with Crippen molar-refractivity contribution in [3.05, 3.63) is 0 Å². The lowest BCUT2D eigenvalue weighted by Crippen LogP contribution is -2.42. The van der Waals surface area contributed by atoms with Gasteiger partial charge in [0.1, 0.15) is 0 Å². The third-order valence-electron chi connectivity index (χ3n) is 2.40. The molecule has 0 aromatic rings. The van der Waals surface area contributed by atoms with Crippen molar-refractivity contribution in [2.45, 2.75) is 40.2 Å². The van der Waals surface area contributed by atoms with Gasteiger partial charge in [-0.2, -0.15) is 0 Å². The second-order valence-electron chi connectivity index (χ2n) is 5.08. The van der Waals surface area contributed by atoms with Gasteiger partial charge in [-0.1, -0.05) is 27.7 Å². The van der Waals surface area contributed by atoms with Crippen molar-refractivity contribution >= 4 is 0 Å². The Bertz CT molecular complexity index is 125. The van der Waals surface area contributed by atoms with E-state index in [1.54, 1.807) is 0 Å². The SMILES string of the molecule is CC[C@@H](NCCN(C)C)C(C)(C)C. The van der Waals surface area contributed by atoms with E-state index in [0.717, 1.165) is 13.1 Å². The molecule has 0 aromatic carbocycles. The first-order chi connectivity index (χ1) is 5.88. The van der Waals surface area contributed by atoms with Crippen LogP contribution in [0, 0.1) is 5.41 Å². The average molecular weight is 186 g/mol. The van der Waals surface area contributed by atoms with Crippen molar-refractivity contribution < 1.29 is 0 Å². The Morgan fingerprint density at radius 1 is 1.23 bits per heavy atom. The molecule has 0 heterocycles. The minimum absolute atomic E-state index is 0.376. The van der Waals surface area contributed by atoms with Crippen LogP contribution in [0.5, 0.6) is 0 Å². The molecular weight excluding hydrogens is 160 g/mol. The molecule has 2 heteroatoms. The highest BCUT2D eigenvalue weighted by atomic mass is 15.1. The van der Waals surface area contributed by atoms with Crippen LogP contribution >= 0.6 is 0 Å². The van der Waals surface area contributed by atoms with Gasteiger partial charge in [-0.15, -0.1) is 0 Å². The normalized spacial score (nSPS) is 15.0. The van der Waals surface area contributed by atoms with E-state index < -0.39 is 0 Å². The quantitative estimate of drug-likeness (QED) is 0.706. The maximum Gasteiger partial charge on any atom is 0.0113 e. The van der Waals surface area contributed by atoms with Crippen LogP contribution in [0.1, 0.15) is 34.1 Å². The monoisotopic (exact) mass is 186 g/mol. The Morgan fingerprint density at radius 2 is 1.77 bits per heavy atom. The highest BCUT2D eigenvalue weighted by Crippen LogP contribution is 2.21. The standard InChI is InChI=1S/C11H26N2/c1-7-10(11(2,3)4)12-8-9-13(5)6/h10,12H,7-9H2,1-6H3/t10-/m1/s1. The molecule has 0 aliphatic carbocycles. The molecule has 80 valence electrons. The summed E-state index contributed by atoms with van der Waals surface area (Å²) >= 11 is 0. The van der Waals surface area contributed by atoms with Crippen LogP contribution in [-0.2, 0) is 0 Å². The lowest BCUT2D eigenvalue weighted by molar-refractivity contribution is 0.252. The Hall–Kier alpha value is -0.0800. The van der Waals surface area contributed by atoms with Gasteiger partial charge in [-0.3, -0.25) is 0 Å². The molecular formula is C11H26N2. The molecule has 0 amide bonds. The summed E-state index contributed by atoms with van der Waals surface area (Å²) in [6.45, 7) is 11.3. The van der Waals surface area contributed by atoms with Crippen molar-refractivity contribution in [1.82, 2.24) is 10.2 Å². The van der Waals surface area contributed by atoms with E-state index in [0.29, 0.717) is 11.5 Å². The number of rotatable bonds is 5. The van der Waals surface area contributed by atoms with Crippen LogP contribution in [0.15, 0.2) is 0 Å². The molecule has 0 spiro atoms. The predicted octanol–water partition coefficient (Wildman–Crippen LogP) is 1.96. The summed E-state index contributed by atoms with van der Waals surface area (Å²) in [6, 6.07) is 0.632. The molecule has 13 heavy (non-hydrogen) atoms. The van der Waals surface area contributed by atoms with E-state index in [-0.39, 0.29) is 0 Å². The van der Waals surface area contributed by atoms with Gasteiger partial charge < -0.3 is 10.2 Å². The lowest BCUT2D eigenvalue weighted by Gasteiger charge is -2.31. The Labute approximate surface area is 83.7 Å². The fraction of sp³-hybridized carbons (Fsp3) is 1.00. The van der Waals surface area contributed by atoms with Gasteiger partial charge in [-0.25, -0.2) is 0 Å². The maximum atomic E-state index is 3.60. The molecule has 0 saturated heterocycles. The Balaban J connectivity index is 3.73. The molecule has 0 unspecified atom stereocenters. The molecule has 0 saturated carbocycles. The minimum atomic E-state index is 0.376. The fourth-order valence-corrected chi connectivity index (χ4v) is 1.53. The van der Waals surface area contributed by atoms with E-state index in [9.17, 15) is 0 Å². The summed E-state index contributed by atoms with van der Waals surface area (Å²) < 4.78 is 0. The Morgan fingerprint density at radius 3 is 2.08 bits per heavy atom. The molecule has 0 aliphatic rings. The van der Waals surface area contributed by atoms with Gasteiger partial charge in [-0.05, 0) is 25.9 Å². The predicted molar refractivity (Wildman–Crippen MR) is 60.1 cm³/mol. The first kappa shape index (κ1) is 12.9. The summed E-state index contributed by atoms with van der Waals surface area (Å²) in [5.74, 6) is 0. The largest absolute Gasteiger partial charge is 0.312 e. The van der Waals surface area contributed by atoms with Gasteiger partial charge in [0.25, 0.3) is 0 Å². The zero-order chi connectivity index (χ0) is 10.5. The first-order valence-corrected chi connectivity index (χ1v) is 5.26. The fourth-order valence-electron chi connectivity index (χ4n) is 1.53. The molecule has 0 rings (SSSR count). The van der Waals surface area contributed by atoms with E-state index >= 15 is 0 Å². The highest BCUT2D eigenvalue weighted by molar-refractivity contribution is 4.79. The lowest BCUT2D eigenvalue weighted by atomic mass is 9.85. The van der Waals surface area contributed by atoms with Crippen LogP contribution in [0.4, 0.5) is 0 Å². The van der Waals surface area contributed by atoms with Crippen molar-refractivity contribution in [1.29, 1.82) is 0 Å². The van der Waals surface area contributed by atoms with E-state index in [1.165, 1.54) is 6.42 Å². The van der Waals surface area contributed by atoms with Crippen molar-refractivity contribution in [2.75, 3.05) is 27.2 Å². The third kappa shape index (κ3) is 6.05. The van der Waals surface area contributed by atoms with Crippen LogP contribution in [0.25, 0.3) is 0 Å². The number of hydrogen-bond donors (Lipinski definition) is 1. The van der Waals surface area contributed by atoms with E-state index in [4.69, 9.17) is 0 Å². The average Bonchev–Trinajstić information content (AvgIpc) is 1.95. The number of nitrogens with zero attached hydrogens (tertiary/aromatic N) is 1. The van der Waals surface area contributed by atoms with Crippen LogP contribution in [-0.4, -0.2) is 38.1 Å². The van der Waals surface area contributed by atoms with Crippen LogP contribution in [0.2, 0.25) is 0 Å². The first-order valence-electron chi connectivity index (χ1n) is 5.26. The summed E-state index contributed by atoms with van der Waals surface area (Å²) in [6.07, 6.45) is 1.21. The number of hydrogen-bond acceptors (Lipinski definition) is 2. The van der Waals surface area contributed by atoms with Gasteiger partial charge >= 0.3 is 0 Å². The smallest absolute Gasteiger partial charge is 0.0113 e. The van der Waals surface area contributed by atoms with Crippen molar-refractivity contribution in [3.8, 4) is 0 Å². The van der Waals surface area contributed by atoms with Crippen LogP contribution in [0.3, 0.4) is 0 Å².